The molecule has 0 radical (unpaired) electrons. The van der Waals surface area contributed by atoms with Crippen LogP contribution >= 0.6 is 0 Å². The molecule has 0 fully saturated rings. The molecule has 0 atom stereocenters. The highest BCUT2D eigenvalue weighted by Gasteiger charge is 2.20. The van der Waals surface area contributed by atoms with Crippen molar-refractivity contribution in [3.63, 3.8) is 0 Å². The van der Waals surface area contributed by atoms with Crippen LogP contribution in [-0.4, -0.2) is 14.1 Å². The average molecular weight is 562 g/mol. The third-order valence-corrected chi connectivity index (χ3v) is 8.81. The molecule has 9 rings (SSSR count). The van der Waals surface area contributed by atoms with Crippen LogP contribution in [0.5, 0.6) is 0 Å². The minimum absolute atomic E-state index is 1.12. The van der Waals surface area contributed by atoms with Gasteiger partial charge in [0.05, 0.1) is 27.8 Å². The van der Waals surface area contributed by atoms with Gasteiger partial charge in [-0.3, -0.25) is 4.98 Å². The second-order valence-electron chi connectivity index (χ2n) is 11.2. The molecular weight excluding hydrogens is 534 g/mol. The van der Waals surface area contributed by atoms with Gasteiger partial charge in [0.2, 0.25) is 0 Å². The first kappa shape index (κ1) is 24.6. The summed E-state index contributed by atoms with van der Waals surface area (Å²) in [6.07, 6.45) is 3.85. The van der Waals surface area contributed by atoms with Gasteiger partial charge in [-0.1, -0.05) is 115 Å². The second-order valence-corrected chi connectivity index (χ2v) is 11.2. The summed E-state index contributed by atoms with van der Waals surface area (Å²) in [4.78, 5) is 4.45. The molecule has 206 valence electrons. The fourth-order valence-corrected chi connectivity index (χ4v) is 6.94. The van der Waals surface area contributed by atoms with Gasteiger partial charge in [-0.25, -0.2) is 0 Å². The Hall–Kier alpha value is -5.93. The maximum absolute atomic E-state index is 4.45. The van der Waals surface area contributed by atoms with Gasteiger partial charge in [0, 0.05) is 50.8 Å². The first-order valence-corrected chi connectivity index (χ1v) is 15.0. The molecule has 0 unspecified atom stereocenters. The summed E-state index contributed by atoms with van der Waals surface area (Å²) in [5.74, 6) is 0. The topological polar surface area (TPSA) is 22.8 Å². The average Bonchev–Trinajstić information content (AvgIpc) is 3.61. The van der Waals surface area contributed by atoms with Gasteiger partial charge in [0.15, 0.2) is 0 Å². The maximum Gasteiger partial charge on any atom is 0.0618 e. The Morgan fingerprint density at radius 1 is 0.386 bits per heavy atom. The van der Waals surface area contributed by atoms with Crippen molar-refractivity contribution in [2.24, 2.45) is 0 Å². The van der Waals surface area contributed by atoms with Gasteiger partial charge >= 0.3 is 0 Å². The van der Waals surface area contributed by atoms with E-state index in [-0.39, 0.29) is 0 Å². The van der Waals surface area contributed by atoms with Gasteiger partial charge in [-0.05, 0) is 47.5 Å². The van der Waals surface area contributed by atoms with Gasteiger partial charge in [0.25, 0.3) is 0 Å². The van der Waals surface area contributed by atoms with E-state index in [0.717, 1.165) is 22.2 Å². The lowest BCUT2D eigenvalue weighted by Gasteiger charge is -2.20. The van der Waals surface area contributed by atoms with Crippen molar-refractivity contribution < 1.29 is 0 Å². The van der Waals surface area contributed by atoms with E-state index in [9.17, 15) is 0 Å². The third kappa shape index (κ3) is 3.66. The molecule has 0 spiro atoms. The van der Waals surface area contributed by atoms with Crippen molar-refractivity contribution in [1.82, 2.24) is 14.1 Å². The molecule has 3 heteroatoms. The lowest BCUT2D eigenvalue weighted by Crippen LogP contribution is -2.01. The van der Waals surface area contributed by atoms with Crippen molar-refractivity contribution in [3.8, 4) is 33.6 Å². The molecule has 0 N–H and O–H groups in total. The van der Waals surface area contributed by atoms with Crippen LogP contribution in [0.1, 0.15) is 0 Å². The first-order valence-electron chi connectivity index (χ1n) is 15.0. The van der Waals surface area contributed by atoms with E-state index in [1.165, 1.54) is 55.1 Å². The number of hydrogen-bond acceptors (Lipinski definition) is 1. The fourth-order valence-electron chi connectivity index (χ4n) is 6.94. The molecule has 0 aliphatic carbocycles. The Kier molecular flexibility index (Phi) is 5.50. The molecule has 0 bridgehead atoms. The molecular formula is C41H27N3. The van der Waals surface area contributed by atoms with Crippen molar-refractivity contribution >= 4 is 43.6 Å². The normalized spacial score (nSPS) is 11.6. The highest BCUT2D eigenvalue weighted by Crippen LogP contribution is 2.42. The van der Waals surface area contributed by atoms with Gasteiger partial charge in [0.1, 0.15) is 0 Å². The highest BCUT2D eigenvalue weighted by atomic mass is 15.0. The summed E-state index contributed by atoms with van der Waals surface area (Å²) in [6, 6.07) is 54.6. The van der Waals surface area contributed by atoms with Crippen molar-refractivity contribution in [1.29, 1.82) is 0 Å². The Morgan fingerprint density at radius 3 is 1.61 bits per heavy atom. The Balaban J connectivity index is 1.37. The summed E-state index contributed by atoms with van der Waals surface area (Å²) in [5, 5.41) is 4.87. The highest BCUT2D eigenvalue weighted by molar-refractivity contribution is 6.11. The quantitative estimate of drug-likeness (QED) is 0.210. The van der Waals surface area contributed by atoms with Crippen LogP contribution < -0.4 is 0 Å². The largest absolute Gasteiger partial charge is 0.309 e. The Bertz CT molecular complexity index is 2390. The monoisotopic (exact) mass is 561 g/mol. The van der Waals surface area contributed by atoms with Crippen LogP contribution in [0.2, 0.25) is 0 Å². The Morgan fingerprint density at radius 2 is 0.909 bits per heavy atom. The van der Waals surface area contributed by atoms with E-state index < -0.39 is 0 Å². The number of rotatable bonds is 4. The summed E-state index contributed by atoms with van der Waals surface area (Å²) < 4.78 is 4.82. The van der Waals surface area contributed by atoms with Gasteiger partial charge < -0.3 is 9.13 Å². The molecule has 9 aromatic rings. The van der Waals surface area contributed by atoms with Crippen LogP contribution in [0.25, 0.3) is 77.2 Å². The van der Waals surface area contributed by atoms with E-state index in [4.69, 9.17) is 0 Å². The predicted octanol–water partition coefficient (Wildman–Crippen LogP) is 10.6. The number of pyridine rings is 1. The summed E-state index contributed by atoms with van der Waals surface area (Å²) in [7, 11) is 0. The van der Waals surface area contributed by atoms with Crippen LogP contribution in [0.4, 0.5) is 0 Å². The first-order chi connectivity index (χ1) is 21.9. The third-order valence-electron chi connectivity index (χ3n) is 8.81. The zero-order valence-corrected chi connectivity index (χ0v) is 23.9. The van der Waals surface area contributed by atoms with Crippen molar-refractivity contribution in [2.45, 2.75) is 0 Å². The van der Waals surface area contributed by atoms with Crippen LogP contribution in [0.15, 0.2) is 164 Å². The molecule has 6 aromatic carbocycles. The second kappa shape index (κ2) is 9.82. The zero-order valence-electron chi connectivity index (χ0n) is 23.9. The van der Waals surface area contributed by atoms with E-state index >= 15 is 0 Å². The van der Waals surface area contributed by atoms with Crippen molar-refractivity contribution in [2.75, 3.05) is 0 Å². The van der Waals surface area contributed by atoms with Crippen LogP contribution in [0.3, 0.4) is 0 Å². The van der Waals surface area contributed by atoms with Crippen LogP contribution in [0, 0.1) is 0 Å². The number of para-hydroxylation sites is 4. The van der Waals surface area contributed by atoms with Gasteiger partial charge in [-0.2, -0.15) is 0 Å². The summed E-state index contributed by atoms with van der Waals surface area (Å²) >= 11 is 0. The van der Waals surface area contributed by atoms with E-state index in [2.05, 4.69) is 166 Å². The standard InChI is InChI=1S/C41H27N3/c1-2-12-28(13-3-1)31-19-11-20-32(41(31)44-38-22-8-4-16-33(38)34-17-5-9-23-39(34)44)29-14-10-15-30(26-29)43-37-21-7-6-18-35(37)36-27-42-25-24-40(36)43/h1-27H. The Labute approximate surface area is 254 Å². The minimum atomic E-state index is 1.12. The lowest BCUT2D eigenvalue weighted by atomic mass is 9.95. The fraction of sp³-hybridized carbons (Fsp3) is 0. The number of aromatic nitrogens is 3. The minimum Gasteiger partial charge on any atom is -0.309 e. The van der Waals surface area contributed by atoms with Crippen LogP contribution in [-0.2, 0) is 0 Å². The van der Waals surface area contributed by atoms with E-state index in [1.807, 2.05) is 12.4 Å². The molecule has 0 aliphatic heterocycles. The number of benzene rings is 6. The number of nitrogens with zero attached hydrogens (tertiary/aromatic N) is 3. The molecule has 3 heterocycles. The molecule has 3 nitrogen and oxygen atoms in total. The number of hydrogen-bond donors (Lipinski definition) is 0. The summed E-state index contributed by atoms with van der Waals surface area (Å²) in [5.41, 5.74) is 11.8. The molecule has 44 heavy (non-hydrogen) atoms. The molecule has 0 aliphatic rings. The van der Waals surface area contributed by atoms with Crippen molar-refractivity contribution in [3.05, 3.63) is 164 Å². The van der Waals surface area contributed by atoms with Gasteiger partial charge in [-0.15, -0.1) is 0 Å². The molecule has 3 aromatic heterocycles. The zero-order chi connectivity index (χ0) is 29.0. The smallest absolute Gasteiger partial charge is 0.0618 e. The molecule has 0 saturated heterocycles. The predicted molar refractivity (Wildman–Crippen MR) is 184 cm³/mol. The maximum atomic E-state index is 4.45. The molecule has 0 saturated carbocycles. The van der Waals surface area contributed by atoms with E-state index in [1.54, 1.807) is 0 Å². The van der Waals surface area contributed by atoms with E-state index in [0.29, 0.717) is 0 Å². The lowest BCUT2D eigenvalue weighted by molar-refractivity contribution is 1.17. The SMILES string of the molecule is c1ccc(-c2cccc(-c3cccc(-n4c5ccccc5c5cnccc54)c3)c2-n2c3ccccc3c3ccccc32)cc1. The number of fused-ring (bicyclic) bond motifs is 6. The molecule has 0 amide bonds. The summed E-state index contributed by atoms with van der Waals surface area (Å²) in [6.45, 7) is 0.